The van der Waals surface area contributed by atoms with Gasteiger partial charge >= 0.3 is 0 Å². The number of ketones is 1. The number of benzene rings is 1. The Bertz CT molecular complexity index is 1190. The monoisotopic (exact) mass is 631 g/mol. The topological polar surface area (TPSA) is 49.4 Å². The molecule has 1 N–H and O–H groups in total. The SMILES string of the molecule is C=C(CCC(=O)N(CCC)CCC(C)C1/C(=C(\CC)CCC)CCNC(CCCCC)C1C)C(=O)C=C=CCc1ccccc1C. The van der Waals surface area contributed by atoms with Gasteiger partial charge < -0.3 is 10.2 Å². The van der Waals surface area contributed by atoms with Crippen LogP contribution in [0.2, 0.25) is 0 Å². The maximum atomic E-state index is 13.4. The Morgan fingerprint density at radius 2 is 1.80 bits per heavy atom. The third kappa shape index (κ3) is 12.8. The Hall–Kier alpha value is -2.68. The second-order valence-corrected chi connectivity index (χ2v) is 13.7. The minimum absolute atomic E-state index is 0.131. The zero-order valence-electron chi connectivity index (χ0n) is 30.6. The van der Waals surface area contributed by atoms with Crippen LogP contribution in [0.1, 0.15) is 130 Å². The van der Waals surface area contributed by atoms with Crippen LogP contribution in [0.4, 0.5) is 0 Å². The average molecular weight is 631 g/mol. The van der Waals surface area contributed by atoms with Gasteiger partial charge in [0.2, 0.25) is 5.91 Å². The van der Waals surface area contributed by atoms with E-state index in [2.05, 4.69) is 78.2 Å². The summed E-state index contributed by atoms with van der Waals surface area (Å²) in [6.45, 7) is 22.7. The fraction of sp³-hybridized carbons (Fsp3) is 0.643. The number of allylic oxidation sites excluding steroid dienone is 3. The highest BCUT2D eigenvalue weighted by atomic mass is 16.2. The lowest BCUT2D eigenvalue weighted by Gasteiger charge is -2.36. The minimum Gasteiger partial charge on any atom is -0.343 e. The first-order valence-electron chi connectivity index (χ1n) is 18.6. The Kier molecular flexibility index (Phi) is 18.9. The molecule has 4 atom stereocenters. The first-order chi connectivity index (χ1) is 22.2. The molecule has 1 saturated heterocycles. The van der Waals surface area contributed by atoms with Crippen LogP contribution in [0.25, 0.3) is 0 Å². The lowest BCUT2D eigenvalue weighted by Crippen LogP contribution is -2.39. The molecule has 0 aliphatic carbocycles. The molecule has 0 saturated carbocycles. The van der Waals surface area contributed by atoms with Crippen molar-refractivity contribution in [1.29, 1.82) is 0 Å². The average Bonchev–Trinajstić information content (AvgIpc) is 3.21. The third-order valence-corrected chi connectivity index (χ3v) is 10.2. The van der Waals surface area contributed by atoms with Crippen LogP contribution in [0, 0.1) is 24.7 Å². The molecular formula is C42H66N2O2. The first-order valence-corrected chi connectivity index (χ1v) is 18.6. The Morgan fingerprint density at radius 1 is 1.04 bits per heavy atom. The van der Waals surface area contributed by atoms with E-state index in [1.807, 2.05) is 23.1 Å². The van der Waals surface area contributed by atoms with Crippen LogP contribution >= 0.6 is 0 Å². The molecule has 1 aromatic rings. The van der Waals surface area contributed by atoms with Crippen LogP contribution < -0.4 is 5.32 Å². The number of nitrogens with one attached hydrogen (secondary N) is 1. The molecular weight excluding hydrogens is 564 g/mol. The number of carbonyl (C=O) groups is 2. The van der Waals surface area contributed by atoms with Crippen molar-refractivity contribution in [2.45, 2.75) is 138 Å². The Balaban J connectivity index is 2.05. The molecule has 0 aromatic heterocycles. The molecule has 1 aromatic carbocycles. The summed E-state index contributed by atoms with van der Waals surface area (Å²) in [7, 11) is 0. The Labute approximate surface area is 282 Å². The molecule has 4 heteroatoms. The van der Waals surface area contributed by atoms with E-state index in [0.717, 1.165) is 51.7 Å². The van der Waals surface area contributed by atoms with E-state index in [9.17, 15) is 9.59 Å². The van der Waals surface area contributed by atoms with E-state index >= 15 is 0 Å². The number of nitrogens with zero attached hydrogens (tertiary/aromatic N) is 1. The van der Waals surface area contributed by atoms with Crippen molar-refractivity contribution in [3.8, 4) is 0 Å². The fourth-order valence-electron chi connectivity index (χ4n) is 7.39. The van der Waals surface area contributed by atoms with Crippen molar-refractivity contribution < 1.29 is 9.59 Å². The number of hydrogen-bond donors (Lipinski definition) is 1. The van der Waals surface area contributed by atoms with Crippen LogP contribution in [0.15, 0.2) is 65.4 Å². The van der Waals surface area contributed by atoms with Gasteiger partial charge in [-0.25, -0.2) is 0 Å². The largest absolute Gasteiger partial charge is 0.343 e. The van der Waals surface area contributed by atoms with Crippen molar-refractivity contribution in [3.05, 3.63) is 76.6 Å². The molecule has 1 amide bonds. The van der Waals surface area contributed by atoms with E-state index < -0.39 is 0 Å². The highest BCUT2D eigenvalue weighted by molar-refractivity contribution is 6.03. The molecule has 4 unspecified atom stereocenters. The lowest BCUT2D eigenvalue weighted by molar-refractivity contribution is -0.131. The van der Waals surface area contributed by atoms with Gasteiger partial charge in [0.05, 0.1) is 0 Å². The molecule has 4 nitrogen and oxygen atoms in total. The van der Waals surface area contributed by atoms with Gasteiger partial charge in [0.1, 0.15) is 0 Å². The molecule has 1 aliphatic rings. The summed E-state index contributed by atoms with van der Waals surface area (Å²) < 4.78 is 0. The van der Waals surface area contributed by atoms with Gasteiger partial charge in [0, 0.05) is 31.6 Å². The van der Waals surface area contributed by atoms with Gasteiger partial charge in [0.25, 0.3) is 0 Å². The normalized spacial score (nSPS) is 19.8. The molecule has 0 radical (unpaired) electrons. The number of rotatable bonds is 20. The number of unbranched alkanes of at least 4 members (excludes halogenated alkanes) is 2. The maximum absolute atomic E-state index is 13.4. The summed E-state index contributed by atoms with van der Waals surface area (Å²) >= 11 is 0. The van der Waals surface area contributed by atoms with Crippen LogP contribution in [-0.2, 0) is 16.0 Å². The highest BCUT2D eigenvalue weighted by Crippen LogP contribution is 2.40. The second kappa shape index (κ2) is 22.0. The highest BCUT2D eigenvalue weighted by Gasteiger charge is 2.35. The lowest BCUT2D eigenvalue weighted by atomic mass is 9.71. The second-order valence-electron chi connectivity index (χ2n) is 13.7. The zero-order valence-corrected chi connectivity index (χ0v) is 30.6. The molecule has 1 aliphatic heterocycles. The fourth-order valence-corrected chi connectivity index (χ4v) is 7.39. The summed E-state index contributed by atoms with van der Waals surface area (Å²) in [6.07, 6.45) is 16.5. The Morgan fingerprint density at radius 3 is 2.48 bits per heavy atom. The van der Waals surface area contributed by atoms with E-state index in [0.29, 0.717) is 42.2 Å². The summed E-state index contributed by atoms with van der Waals surface area (Å²) in [5.41, 5.74) is 9.33. The van der Waals surface area contributed by atoms with E-state index in [1.54, 1.807) is 11.1 Å². The summed E-state index contributed by atoms with van der Waals surface area (Å²) in [6, 6.07) is 8.78. The number of aryl methyl sites for hydroxylation is 1. The molecule has 0 spiro atoms. The minimum atomic E-state index is -0.146. The maximum Gasteiger partial charge on any atom is 0.222 e. The molecule has 1 heterocycles. The number of carbonyl (C=O) groups excluding carboxylic acids is 2. The molecule has 1 fully saturated rings. The third-order valence-electron chi connectivity index (χ3n) is 10.2. The van der Waals surface area contributed by atoms with Gasteiger partial charge in [-0.15, -0.1) is 5.73 Å². The quantitative estimate of drug-likeness (QED) is 0.0675. The number of hydrogen-bond acceptors (Lipinski definition) is 3. The zero-order chi connectivity index (χ0) is 33.9. The van der Waals surface area contributed by atoms with Crippen LogP contribution in [-0.4, -0.2) is 42.3 Å². The summed E-state index contributed by atoms with van der Waals surface area (Å²) in [5, 5.41) is 3.95. The van der Waals surface area contributed by atoms with Gasteiger partial charge in [0.15, 0.2) is 5.78 Å². The summed E-state index contributed by atoms with van der Waals surface area (Å²) in [5.74, 6) is 1.60. The predicted molar refractivity (Wildman–Crippen MR) is 197 cm³/mol. The first kappa shape index (κ1) is 39.5. The van der Waals surface area contributed by atoms with E-state index in [1.165, 1.54) is 55.7 Å². The standard InChI is InChI=1S/C42H66N2O2/c1-9-13-14-23-39-35(8)42(38(27-29-43-39)36(12-4)19-10-2)34(7)28-31-44(30-11-3)41(46)26-25-33(6)40(45)24-18-17-22-37-21-16-15-20-32(37)5/h15-17,20-21,24,34-35,39,42-43H,6,9-14,19,22-23,25-31H2,1-5,7-8H3/b38-36+. The molecule has 2 rings (SSSR count). The van der Waals surface area contributed by atoms with Crippen molar-refractivity contribution in [2.75, 3.05) is 19.6 Å². The van der Waals surface area contributed by atoms with E-state index in [4.69, 9.17) is 0 Å². The van der Waals surface area contributed by atoms with Crippen LogP contribution in [0.3, 0.4) is 0 Å². The van der Waals surface area contributed by atoms with Gasteiger partial charge in [-0.1, -0.05) is 109 Å². The summed E-state index contributed by atoms with van der Waals surface area (Å²) in [4.78, 5) is 28.2. The van der Waals surface area contributed by atoms with Gasteiger partial charge in [-0.2, -0.15) is 0 Å². The van der Waals surface area contributed by atoms with E-state index in [-0.39, 0.29) is 11.7 Å². The van der Waals surface area contributed by atoms with Gasteiger partial charge in [-0.05, 0) is 105 Å². The van der Waals surface area contributed by atoms with Crippen LogP contribution in [0.5, 0.6) is 0 Å². The van der Waals surface area contributed by atoms with Crippen molar-refractivity contribution in [1.82, 2.24) is 10.2 Å². The van der Waals surface area contributed by atoms with Crippen molar-refractivity contribution in [3.63, 3.8) is 0 Å². The van der Waals surface area contributed by atoms with Crippen molar-refractivity contribution >= 4 is 11.7 Å². The van der Waals surface area contributed by atoms with Gasteiger partial charge in [-0.3, -0.25) is 9.59 Å². The number of amides is 1. The molecule has 256 valence electrons. The van der Waals surface area contributed by atoms with Crippen molar-refractivity contribution in [2.24, 2.45) is 17.8 Å². The molecule has 46 heavy (non-hydrogen) atoms. The predicted octanol–water partition coefficient (Wildman–Crippen LogP) is 10.1. The molecule has 0 bridgehead atoms. The smallest absolute Gasteiger partial charge is 0.222 e.